The maximum atomic E-state index is 14.1. The molecule has 0 aliphatic carbocycles. The van der Waals surface area contributed by atoms with Gasteiger partial charge in [0.05, 0.1) is 6.20 Å². The first-order valence-electron chi connectivity index (χ1n) is 9.08. The summed E-state index contributed by atoms with van der Waals surface area (Å²) in [5, 5.41) is 7.98. The molecule has 3 rings (SSSR count). The van der Waals surface area contributed by atoms with E-state index in [0.717, 1.165) is 18.3 Å². The van der Waals surface area contributed by atoms with E-state index in [1.165, 1.54) is 19.2 Å². The minimum atomic E-state index is -4.81. The molecule has 32 heavy (non-hydrogen) atoms. The fourth-order valence-corrected chi connectivity index (χ4v) is 2.41. The zero-order chi connectivity index (χ0) is 23.1. The fourth-order valence-electron chi connectivity index (χ4n) is 2.41. The maximum absolute atomic E-state index is 14.1. The van der Waals surface area contributed by atoms with Crippen molar-refractivity contribution >= 4 is 29.0 Å². The predicted octanol–water partition coefficient (Wildman–Crippen LogP) is 4.13. The van der Waals surface area contributed by atoms with E-state index in [1.807, 2.05) is 0 Å². The number of hydrogen-bond acceptors (Lipinski definition) is 7. The number of carbonyl (C=O) groups excluding carboxylic acids is 1. The van der Waals surface area contributed by atoms with Crippen LogP contribution in [-0.2, 0) is 4.79 Å². The zero-order valence-electron chi connectivity index (χ0n) is 16.5. The lowest BCUT2D eigenvalue weighted by Gasteiger charge is -2.12. The number of anilines is 4. The van der Waals surface area contributed by atoms with E-state index in [9.17, 15) is 22.4 Å². The third-order valence-corrected chi connectivity index (χ3v) is 3.83. The number of carbonyl (C=O) groups is 1. The van der Waals surface area contributed by atoms with Crippen molar-refractivity contribution < 1.29 is 31.8 Å². The van der Waals surface area contributed by atoms with Gasteiger partial charge in [0, 0.05) is 24.5 Å². The number of ether oxygens (including phenoxy) is 2. The molecule has 1 aromatic heterocycles. The van der Waals surface area contributed by atoms with Gasteiger partial charge < -0.3 is 25.4 Å². The molecule has 0 bridgehead atoms. The molecular formula is C20H17F4N5O3. The summed E-state index contributed by atoms with van der Waals surface area (Å²) in [6, 6.07) is 11.3. The highest BCUT2D eigenvalue weighted by molar-refractivity contribution is 5.77. The van der Waals surface area contributed by atoms with Crippen molar-refractivity contribution in [2.75, 3.05) is 24.3 Å². The van der Waals surface area contributed by atoms with E-state index in [1.54, 1.807) is 24.3 Å². The second kappa shape index (κ2) is 9.81. The number of hydrogen-bond donors (Lipinski definition) is 3. The molecule has 0 unspecified atom stereocenters. The van der Waals surface area contributed by atoms with Crippen LogP contribution in [0.15, 0.2) is 54.7 Å². The van der Waals surface area contributed by atoms with E-state index in [0.29, 0.717) is 11.4 Å². The van der Waals surface area contributed by atoms with Gasteiger partial charge in [0.15, 0.2) is 18.2 Å². The third-order valence-electron chi connectivity index (χ3n) is 3.83. The Morgan fingerprint density at radius 2 is 1.78 bits per heavy atom. The Morgan fingerprint density at radius 3 is 2.47 bits per heavy atom. The quantitative estimate of drug-likeness (QED) is 0.443. The molecule has 0 spiro atoms. The summed E-state index contributed by atoms with van der Waals surface area (Å²) >= 11 is 0. The van der Waals surface area contributed by atoms with Gasteiger partial charge in [0.25, 0.3) is 5.91 Å². The smallest absolute Gasteiger partial charge is 0.484 e. The molecule has 2 aromatic carbocycles. The lowest BCUT2D eigenvalue weighted by Crippen LogP contribution is -2.24. The van der Waals surface area contributed by atoms with Gasteiger partial charge in [-0.1, -0.05) is 6.07 Å². The van der Waals surface area contributed by atoms with E-state index in [2.05, 4.69) is 30.7 Å². The SMILES string of the molecule is CNC(=O)COc1cccc(Nc2ncc(F)c(Nc3ccc(OC(F)(F)F)cc3)n2)c1. The number of likely N-dealkylation sites (N-methyl/N-ethyl adjacent to an activating group) is 1. The summed E-state index contributed by atoms with van der Waals surface area (Å²) in [5.41, 5.74) is 0.804. The highest BCUT2D eigenvalue weighted by Crippen LogP contribution is 2.26. The minimum Gasteiger partial charge on any atom is -0.484 e. The molecule has 0 aliphatic heterocycles. The van der Waals surface area contributed by atoms with Gasteiger partial charge in [-0.25, -0.2) is 9.37 Å². The highest BCUT2D eigenvalue weighted by atomic mass is 19.4. The Bertz CT molecular complexity index is 1080. The second-order valence-electron chi connectivity index (χ2n) is 6.20. The van der Waals surface area contributed by atoms with E-state index in [4.69, 9.17) is 4.74 Å². The van der Waals surface area contributed by atoms with Gasteiger partial charge in [-0.3, -0.25) is 4.79 Å². The molecule has 3 N–H and O–H groups in total. The van der Waals surface area contributed by atoms with Gasteiger partial charge in [-0.05, 0) is 36.4 Å². The number of aromatic nitrogens is 2. The lowest BCUT2D eigenvalue weighted by molar-refractivity contribution is -0.274. The molecule has 8 nitrogen and oxygen atoms in total. The molecule has 168 valence electrons. The molecule has 0 radical (unpaired) electrons. The molecule has 0 saturated heterocycles. The van der Waals surface area contributed by atoms with Gasteiger partial charge in [-0.2, -0.15) is 4.98 Å². The molecule has 0 fully saturated rings. The Morgan fingerprint density at radius 1 is 1.03 bits per heavy atom. The van der Waals surface area contributed by atoms with Gasteiger partial charge in [0.1, 0.15) is 11.5 Å². The lowest BCUT2D eigenvalue weighted by atomic mass is 10.3. The molecule has 1 heterocycles. The highest BCUT2D eigenvalue weighted by Gasteiger charge is 2.30. The molecule has 0 atom stereocenters. The zero-order valence-corrected chi connectivity index (χ0v) is 16.5. The monoisotopic (exact) mass is 451 g/mol. The van der Waals surface area contributed by atoms with Gasteiger partial charge in [0.2, 0.25) is 5.95 Å². The predicted molar refractivity (Wildman–Crippen MR) is 108 cm³/mol. The number of benzene rings is 2. The Kier molecular flexibility index (Phi) is 6.93. The summed E-state index contributed by atoms with van der Waals surface area (Å²) < 4.78 is 60.0. The number of rotatable bonds is 8. The average Bonchev–Trinajstić information content (AvgIpc) is 2.75. The molecule has 1 amide bonds. The number of nitrogens with zero attached hydrogens (tertiary/aromatic N) is 2. The number of amides is 1. The minimum absolute atomic E-state index is 0.0503. The van der Waals surface area contributed by atoms with Crippen LogP contribution < -0.4 is 25.4 Å². The van der Waals surface area contributed by atoms with Crippen LogP contribution in [0, 0.1) is 5.82 Å². The topological polar surface area (TPSA) is 97.4 Å². The van der Waals surface area contributed by atoms with Crippen molar-refractivity contribution in [2.45, 2.75) is 6.36 Å². The largest absolute Gasteiger partial charge is 0.573 e. The van der Waals surface area contributed by atoms with Crippen LogP contribution in [0.25, 0.3) is 0 Å². The first-order valence-corrected chi connectivity index (χ1v) is 9.08. The van der Waals surface area contributed by atoms with E-state index >= 15 is 0 Å². The van der Waals surface area contributed by atoms with Crippen LogP contribution in [-0.4, -0.2) is 35.9 Å². The van der Waals surface area contributed by atoms with Crippen molar-refractivity contribution in [2.24, 2.45) is 0 Å². The van der Waals surface area contributed by atoms with Crippen molar-refractivity contribution in [1.82, 2.24) is 15.3 Å². The first-order chi connectivity index (χ1) is 15.2. The summed E-state index contributed by atoms with van der Waals surface area (Å²) in [5.74, 6) is -1.20. The van der Waals surface area contributed by atoms with Gasteiger partial charge in [-0.15, -0.1) is 13.2 Å². The van der Waals surface area contributed by atoms with Crippen LogP contribution >= 0.6 is 0 Å². The Balaban J connectivity index is 1.69. The number of halogens is 4. The molecule has 0 saturated carbocycles. The van der Waals surface area contributed by atoms with Gasteiger partial charge >= 0.3 is 6.36 Å². The molecule has 0 aliphatic rings. The summed E-state index contributed by atoms with van der Waals surface area (Å²) in [6.45, 7) is -0.159. The van der Waals surface area contributed by atoms with Crippen LogP contribution in [0.1, 0.15) is 0 Å². The van der Waals surface area contributed by atoms with Crippen LogP contribution in [0.5, 0.6) is 11.5 Å². The van der Waals surface area contributed by atoms with Crippen molar-refractivity contribution in [3.8, 4) is 11.5 Å². The maximum Gasteiger partial charge on any atom is 0.573 e. The van der Waals surface area contributed by atoms with Crippen LogP contribution in [0.3, 0.4) is 0 Å². The average molecular weight is 451 g/mol. The summed E-state index contributed by atoms with van der Waals surface area (Å²) in [6.07, 6.45) is -3.87. The summed E-state index contributed by atoms with van der Waals surface area (Å²) in [4.78, 5) is 19.2. The Labute approximate surface area is 179 Å². The van der Waals surface area contributed by atoms with Crippen molar-refractivity contribution in [3.63, 3.8) is 0 Å². The van der Waals surface area contributed by atoms with E-state index < -0.39 is 17.9 Å². The Hall–Kier alpha value is -4.09. The van der Waals surface area contributed by atoms with E-state index in [-0.39, 0.29) is 30.0 Å². The first kappa shape index (κ1) is 22.6. The summed E-state index contributed by atoms with van der Waals surface area (Å²) in [7, 11) is 1.49. The number of nitrogens with one attached hydrogen (secondary N) is 3. The molecular weight excluding hydrogens is 434 g/mol. The van der Waals surface area contributed by atoms with Crippen LogP contribution in [0.2, 0.25) is 0 Å². The van der Waals surface area contributed by atoms with Crippen LogP contribution in [0.4, 0.5) is 40.7 Å². The standard InChI is InChI=1S/C20H17F4N5O3/c1-25-17(30)11-31-15-4-2-3-13(9-15)28-19-26-10-16(21)18(29-19)27-12-5-7-14(8-6-12)32-20(22,23)24/h2-10H,11H2,1H3,(H,25,30)(H2,26,27,28,29). The molecule has 12 heteroatoms. The molecule has 3 aromatic rings. The normalized spacial score (nSPS) is 10.9. The fraction of sp³-hybridized carbons (Fsp3) is 0.150. The number of alkyl halides is 3. The van der Waals surface area contributed by atoms with Crippen molar-refractivity contribution in [3.05, 3.63) is 60.5 Å². The van der Waals surface area contributed by atoms with Crippen molar-refractivity contribution in [1.29, 1.82) is 0 Å². The second-order valence-corrected chi connectivity index (χ2v) is 6.20. The third kappa shape index (κ3) is 6.72.